The van der Waals surface area contributed by atoms with Crippen LogP contribution in [0.15, 0.2) is 65.5 Å². The summed E-state index contributed by atoms with van der Waals surface area (Å²) in [6, 6.07) is 19.6. The number of pyridine rings is 1. The summed E-state index contributed by atoms with van der Waals surface area (Å²) < 4.78 is 1.73. The summed E-state index contributed by atoms with van der Waals surface area (Å²) in [5.41, 5.74) is 5.56. The van der Waals surface area contributed by atoms with Crippen molar-refractivity contribution >= 4 is 11.0 Å². The van der Waals surface area contributed by atoms with Crippen LogP contribution in [-0.2, 0) is 19.4 Å². The molecule has 5 rings (SSSR count). The standard InChI is InChI=1S/C25H23N7O/c1-3-21-20-13-14-23(33)32(25(20)27-22(4-2)26-21)15-16-9-11-17(12-10-16)18-7-5-6-8-19(18)24-28-30-31-29-24/h5-14H,3-4,15H2,1-2H3,(H,28,29,30,31). The van der Waals surface area contributed by atoms with Crippen LogP contribution in [0.3, 0.4) is 0 Å². The molecule has 0 saturated heterocycles. The lowest BCUT2D eigenvalue weighted by atomic mass is 9.98. The summed E-state index contributed by atoms with van der Waals surface area (Å²) in [7, 11) is 0. The zero-order valence-electron chi connectivity index (χ0n) is 18.5. The van der Waals surface area contributed by atoms with Crippen molar-refractivity contribution in [3.63, 3.8) is 0 Å². The topological polar surface area (TPSA) is 102 Å². The van der Waals surface area contributed by atoms with Gasteiger partial charge >= 0.3 is 0 Å². The third-order valence-electron chi connectivity index (χ3n) is 5.74. The minimum Gasteiger partial charge on any atom is -0.288 e. The summed E-state index contributed by atoms with van der Waals surface area (Å²) in [6.45, 7) is 4.53. The number of aryl methyl sites for hydroxylation is 2. The van der Waals surface area contributed by atoms with Crippen molar-refractivity contribution < 1.29 is 0 Å². The van der Waals surface area contributed by atoms with Crippen molar-refractivity contribution in [2.45, 2.75) is 33.2 Å². The first kappa shape index (κ1) is 20.7. The monoisotopic (exact) mass is 437 g/mol. The molecule has 0 saturated carbocycles. The molecule has 0 aliphatic carbocycles. The van der Waals surface area contributed by atoms with Crippen LogP contribution in [0.2, 0.25) is 0 Å². The highest BCUT2D eigenvalue weighted by atomic mass is 16.1. The number of aromatic amines is 1. The molecule has 1 N–H and O–H groups in total. The molecule has 164 valence electrons. The van der Waals surface area contributed by atoms with E-state index < -0.39 is 0 Å². The lowest BCUT2D eigenvalue weighted by molar-refractivity contribution is 0.770. The lowest BCUT2D eigenvalue weighted by Crippen LogP contribution is -2.22. The summed E-state index contributed by atoms with van der Waals surface area (Å²) in [5.74, 6) is 1.31. The Morgan fingerprint density at radius 1 is 0.879 bits per heavy atom. The highest BCUT2D eigenvalue weighted by Gasteiger charge is 2.13. The Morgan fingerprint density at radius 3 is 2.36 bits per heavy atom. The second-order valence-electron chi connectivity index (χ2n) is 7.77. The second-order valence-corrected chi connectivity index (χ2v) is 7.77. The molecule has 0 aliphatic heterocycles. The van der Waals surface area contributed by atoms with Crippen molar-refractivity contribution in [1.29, 1.82) is 0 Å². The molecule has 0 spiro atoms. The number of hydrogen-bond acceptors (Lipinski definition) is 6. The third-order valence-corrected chi connectivity index (χ3v) is 5.74. The first-order chi connectivity index (χ1) is 16.2. The van der Waals surface area contributed by atoms with Gasteiger partial charge in [0.25, 0.3) is 5.56 Å². The van der Waals surface area contributed by atoms with Crippen molar-refractivity contribution in [2.75, 3.05) is 0 Å². The Hall–Kier alpha value is -4.20. The number of tetrazole rings is 1. The smallest absolute Gasteiger partial charge is 0.252 e. The summed E-state index contributed by atoms with van der Waals surface area (Å²) in [4.78, 5) is 22.1. The van der Waals surface area contributed by atoms with Crippen LogP contribution in [-0.4, -0.2) is 35.2 Å². The summed E-state index contributed by atoms with van der Waals surface area (Å²) in [5, 5.41) is 15.3. The van der Waals surface area contributed by atoms with Crippen molar-refractivity contribution in [2.24, 2.45) is 0 Å². The summed E-state index contributed by atoms with van der Waals surface area (Å²) >= 11 is 0. The van der Waals surface area contributed by atoms with Crippen molar-refractivity contribution in [3.05, 3.63) is 88.1 Å². The average molecular weight is 438 g/mol. The molecule has 8 heteroatoms. The Balaban J connectivity index is 1.53. The van der Waals surface area contributed by atoms with E-state index in [9.17, 15) is 4.79 Å². The molecule has 2 aromatic carbocycles. The number of H-pyrrole nitrogens is 1. The summed E-state index contributed by atoms with van der Waals surface area (Å²) in [6.07, 6.45) is 1.51. The maximum atomic E-state index is 12.8. The van der Waals surface area contributed by atoms with Crippen LogP contribution >= 0.6 is 0 Å². The highest BCUT2D eigenvalue weighted by molar-refractivity contribution is 5.80. The van der Waals surface area contributed by atoms with Gasteiger partial charge in [0.15, 0.2) is 0 Å². The molecular formula is C25H23N7O. The largest absolute Gasteiger partial charge is 0.288 e. The Morgan fingerprint density at radius 2 is 1.67 bits per heavy atom. The van der Waals surface area contributed by atoms with Crippen LogP contribution in [0, 0.1) is 0 Å². The number of fused-ring (bicyclic) bond motifs is 1. The molecule has 0 radical (unpaired) electrons. The Bertz CT molecular complexity index is 1470. The number of hydrogen-bond donors (Lipinski definition) is 1. The fourth-order valence-electron chi connectivity index (χ4n) is 4.04. The molecule has 33 heavy (non-hydrogen) atoms. The van der Waals surface area contributed by atoms with Gasteiger partial charge in [-0.3, -0.25) is 9.36 Å². The normalized spacial score (nSPS) is 11.2. The zero-order valence-corrected chi connectivity index (χ0v) is 18.5. The third kappa shape index (κ3) is 3.91. The van der Waals surface area contributed by atoms with Gasteiger partial charge in [0.2, 0.25) is 5.82 Å². The van der Waals surface area contributed by atoms with E-state index in [0.29, 0.717) is 18.0 Å². The van der Waals surface area contributed by atoms with Crippen LogP contribution in [0.4, 0.5) is 0 Å². The molecule has 0 atom stereocenters. The highest BCUT2D eigenvalue weighted by Crippen LogP contribution is 2.29. The van der Waals surface area contributed by atoms with Gasteiger partial charge < -0.3 is 0 Å². The van der Waals surface area contributed by atoms with Gasteiger partial charge in [-0.05, 0) is 34.4 Å². The molecule has 0 fully saturated rings. The van der Waals surface area contributed by atoms with Gasteiger partial charge in [0.05, 0.1) is 12.2 Å². The van der Waals surface area contributed by atoms with Crippen LogP contribution in [0.1, 0.15) is 30.9 Å². The van der Waals surface area contributed by atoms with Crippen LogP contribution in [0.5, 0.6) is 0 Å². The molecule has 3 aromatic heterocycles. The number of aromatic nitrogens is 7. The quantitative estimate of drug-likeness (QED) is 0.433. The first-order valence-corrected chi connectivity index (χ1v) is 11.0. The van der Waals surface area contributed by atoms with Gasteiger partial charge in [0.1, 0.15) is 11.5 Å². The minimum absolute atomic E-state index is 0.0724. The van der Waals surface area contributed by atoms with E-state index in [-0.39, 0.29) is 5.56 Å². The van der Waals surface area contributed by atoms with E-state index in [4.69, 9.17) is 4.98 Å². The van der Waals surface area contributed by atoms with E-state index in [1.54, 1.807) is 10.6 Å². The Labute approximate surface area is 190 Å². The predicted octanol–water partition coefficient (Wildman–Crippen LogP) is 3.81. The number of nitrogens with zero attached hydrogens (tertiary/aromatic N) is 6. The van der Waals surface area contributed by atoms with Gasteiger partial charge in [-0.1, -0.05) is 62.4 Å². The number of nitrogens with one attached hydrogen (secondary N) is 1. The number of benzene rings is 2. The molecular weight excluding hydrogens is 414 g/mol. The second kappa shape index (κ2) is 8.74. The molecule has 8 nitrogen and oxygen atoms in total. The molecule has 5 aromatic rings. The predicted molar refractivity (Wildman–Crippen MR) is 127 cm³/mol. The van der Waals surface area contributed by atoms with Crippen molar-refractivity contribution in [3.8, 4) is 22.5 Å². The molecule has 0 amide bonds. The molecule has 3 heterocycles. The van der Waals surface area contributed by atoms with Gasteiger partial charge in [-0.2, -0.15) is 5.21 Å². The van der Waals surface area contributed by atoms with Gasteiger partial charge in [-0.15, -0.1) is 10.2 Å². The van der Waals surface area contributed by atoms with Crippen molar-refractivity contribution in [1.82, 2.24) is 35.2 Å². The van der Waals surface area contributed by atoms with Gasteiger partial charge in [0, 0.05) is 23.4 Å². The fourth-order valence-corrected chi connectivity index (χ4v) is 4.04. The zero-order chi connectivity index (χ0) is 22.8. The maximum absolute atomic E-state index is 12.8. The van der Waals surface area contributed by atoms with E-state index in [0.717, 1.165) is 52.0 Å². The minimum atomic E-state index is -0.0724. The number of rotatable bonds is 6. The van der Waals surface area contributed by atoms with Gasteiger partial charge in [-0.25, -0.2) is 9.97 Å². The van der Waals surface area contributed by atoms with E-state index in [2.05, 4.69) is 32.5 Å². The molecule has 0 aliphatic rings. The maximum Gasteiger partial charge on any atom is 0.252 e. The first-order valence-electron chi connectivity index (χ1n) is 11.0. The fraction of sp³-hybridized carbons (Fsp3) is 0.200. The van der Waals surface area contributed by atoms with Crippen LogP contribution < -0.4 is 5.56 Å². The van der Waals surface area contributed by atoms with E-state index >= 15 is 0 Å². The van der Waals surface area contributed by atoms with E-state index in [1.807, 2.05) is 61.5 Å². The Kier molecular flexibility index (Phi) is 5.48. The average Bonchev–Trinajstić information content (AvgIpc) is 3.40. The van der Waals surface area contributed by atoms with Crippen LogP contribution in [0.25, 0.3) is 33.5 Å². The molecule has 0 bridgehead atoms. The van der Waals surface area contributed by atoms with E-state index in [1.165, 1.54) is 0 Å². The lowest BCUT2D eigenvalue weighted by Gasteiger charge is -2.13. The SMILES string of the molecule is CCc1nc(CC)c2ccc(=O)n(Cc3ccc(-c4ccccc4-c4nn[nH]n4)cc3)c2n1. The molecule has 0 unspecified atom stereocenters.